The van der Waals surface area contributed by atoms with Gasteiger partial charge in [-0.15, -0.1) is 0 Å². The Kier molecular flexibility index (Phi) is 3.85. The molecule has 1 aromatic heterocycles. The zero-order chi connectivity index (χ0) is 13.2. The summed E-state index contributed by atoms with van der Waals surface area (Å²) in [5.74, 6) is 1.06. The summed E-state index contributed by atoms with van der Waals surface area (Å²) >= 11 is 0. The largest absolute Gasteiger partial charge is 0.381 e. The summed E-state index contributed by atoms with van der Waals surface area (Å²) in [4.78, 5) is 7.43. The average molecular weight is 260 g/mol. The molecule has 19 heavy (non-hydrogen) atoms. The van der Waals surface area contributed by atoms with Gasteiger partial charge in [0.1, 0.15) is 0 Å². The molecular weight excluding hydrogens is 236 g/mol. The van der Waals surface area contributed by atoms with E-state index in [0.29, 0.717) is 11.8 Å². The molecule has 2 aliphatic rings. The molecule has 0 amide bonds. The fourth-order valence-electron chi connectivity index (χ4n) is 2.88. The van der Waals surface area contributed by atoms with Crippen molar-refractivity contribution in [2.24, 2.45) is 0 Å². The van der Waals surface area contributed by atoms with E-state index in [1.54, 1.807) is 0 Å². The Balaban J connectivity index is 1.87. The Morgan fingerprint density at radius 2 is 2.21 bits per heavy atom. The van der Waals surface area contributed by atoms with Crippen LogP contribution < -0.4 is 0 Å². The Hall–Kier alpha value is -0.930. The van der Waals surface area contributed by atoms with E-state index in [2.05, 4.69) is 30.9 Å². The van der Waals surface area contributed by atoms with Gasteiger partial charge in [0.15, 0.2) is 0 Å². The van der Waals surface area contributed by atoms with Gasteiger partial charge in [0.2, 0.25) is 0 Å². The predicted octanol–water partition coefficient (Wildman–Crippen LogP) is 2.91. The van der Waals surface area contributed by atoms with Crippen LogP contribution in [0.2, 0.25) is 0 Å². The van der Waals surface area contributed by atoms with Crippen LogP contribution in [0.5, 0.6) is 0 Å². The van der Waals surface area contributed by atoms with Gasteiger partial charge in [-0.3, -0.25) is 9.88 Å². The predicted molar refractivity (Wildman–Crippen MR) is 76.4 cm³/mol. The number of nitrogens with zero attached hydrogens (tertiary/aromatic N) is 2. The van der Waals surface area contributed by atoms with E-state index in [4.69, 9.17) is 9.72 Å². The van der Waals surface area contributed by atoms with E-state index in [-0.39, 0.29) is 0 Å². The van der Waals surface area contributed by atoms with Crippen LogP contribution in [0, 0.1) is 0 Å². The molecule has 1 atom stereocenters. The molecule has 0 aliphatic carbocycles. The normalized spacial score (nSPS) is 23.8. The fourth-order valence-corrected chi connectivity index (χ4v) is 2.88. The van der Waals surface area contributed by atoms with Crippen molar-refractivity contribution in [2.75, 3.05) is 26.3 Å². The molecule has 0 spiro atoms. The minimum atomic E-state index is 0.504. The van der Waals surface area contributed by atoms with E-state index >= 15 is 0 Å². The summed E-state index contributed by atoms with van der Waals surface area (Å²) in [7, 11) is 0. The standard InChI is InChI=1S/C16H24N2O/c1-12(2)15-5-4-14(13-6-9-19-11-13)16(17-15)10-18-7-3-8-18/h4-5,12-13H,3,6-11H2,1-2H3/t13-/m1/s1. The topological polar surface area (TPSA) is 25.4 Å². The molecule has 2 fully saturated rings. The molecule has 0 N–H and O–H groups in total. The van der Waals surface area contributed by atoms with Crippen molar-refractivity contribution in [3.05, 3.63) is 29.1 Å². The molecule has 0 bridgehead atoms. The number of ether oxygens (including phenoxy) is 1. The SMILES string of the molecule is CC(C)c1ccc([C@@H]2CCOC2)c(CN2CCC2)n1. The number of hydrogen-bond donors (Lipinski definition) is 0. The van der Waals surface area contributed by atoms with E-state index in [1.165, 1.54) is 36.5 Å². The molecule has 3 nitrogen and oxygen atoms in total. The second kappa shape index (κ2) is 5.59. The van der Waals surface area contributed by atoms with Crippen molar-refractivity contribution in [2.45, 2.75) is 45.1 Å². The van der Waals surface area contributed by atoms with Crippen LogP contribution in [0.3, 0.4) is 0 Å². The molecule has 0 unspecified atom stereocenters. The number of pyridine rings is 1. The molecule has 3 heterocycles. The number of rotatable bonds is 4. The van der Waals surface area contributed by atoms with E-state index in [9.17, 15) is 0 Å². The Morgan fingerprint density at radius 3 is 2.79 bits per heavy atom. The molecule has 1 aromatic rings. The molecule has 0 saturated carbocycles. The van der Waals surface area contributed by atoms with Crippen molar-refractivity contribution < 1.29 is 4.74 Å². The highest BCUT2D eigenvalue weighted by Gasteiger charge is 2.24. The second-order valence-electron chi connectivity index (χ2n) is 6.12. The van der Waals surface area contributed by atoms with Crippen LogP contribution in [0.1, 0.15) is 55.5 Å². The highest BCUT2D eigenvalue weighted by Crippen LogP contribution is 2.29. The van der Waals surface area contributed by atoms with Crippen molar-refractivity contribution in [1.29, 1.82) is 0 Å². The minimum absolute atomic E-state index is 0.504. The summed E-state index contributed by atoms with van der Waals surface area (Å²) < 4.78 is 5.55. The average Bonchev–Trinajstić information content (AvgIpc) is 2.87. The molecule has 2 saturated heterocycles. The van der Waals surface area contributed by atoms with Gasteiger partial charge in [-0.05, 0) is 43.5 Å². The van der Waals surface area contributed by atoms with Gasteiger partial charge < -0.3 is 4.74 Å². The van der Waals surface area contributed by atoms with Crippen LogP contribution in [0.15, 0.2) is 12.1 Å². The Labute approximate surface area is 116 Å². The van der Waals surface area contributed by atoms with E-state index in [0.717, 1.165) is 26.2 Å². The van der Waals surface area contributed by atoms with Gasteiger partial charge in [0.25, 0.3) is 0 Å². The zero-order valence-electron chi connectivity index (χ0n) is 12.1. The van der Waals surface area contributed by atoms with Gasteiger partial charge in [0, 0.05) is 24.8 Å². The third-order valence-electron chi connectivity index (χ3n) is 4.31. The maximum atomic E-state index is 5.55. The van der Waals surface area contributed by atoms with Crippen LogP contribution in [0.4, 0.5) is 0 Å². The highest BCUT2D eigenvalue weighted by atomic mass is 16.5. The Morgan fingerprint density at radius 1 is 1.37 bits per heavy atom. The minimum Gasteiger partial charge on any atom is -0.381 e. The number of likely N-dealkylation sites (tertiary alicyclic amines) is 1. The van der Waals surface area contributed by atoms with Gasteiger partial charge in [0.05, 0.1) is 12.3 Å². The lowest BCUT2D eigenvalue weighted by molar-refractivity contribution is 0.169. The quantitative estimate of drug-likeness (QED) is 0.832. The molecule has 0 radical (unpaired) electrons. The van der Waals surface area contributed by atoms with Crippen LogP contribution in [-0.2, 0) is 11.3 Å². The maximum absolute atomic E-state index is 5.55. The van der Waals surface area contributed by atoms with Crippen molar-refractivity contribution in [3.63, 3.8) is 0 Å². The third kappa shape index (κ3) is 2.82. The Bertz CT molecular complexity index is 434. The summed E-state index contributed by atoms with van der Waals surface area (Å²) in [5, 5.41) is 0. The molecule has 0 aromatic carbocycles. The summed E-state index contributed by atoms with van der Waals surface area (Å²) in [6, 6.07) is 4.51. The summed E-state index contributed by atoms with van der Waals surface area (Å²) in [6.45, 7) is 9.69. The first kappa shape index (κ1) is 13.1. The van der Waals surface area contributed by atoms with Crippen LogP contribution in [0.25, 0.3) is 0 Å². The first-order valence-electron chi connectivity index (χ1n) is 7.54. The van der Waals surface area contributed by atoms with Gasteiger partial charge >= 0.3 is 0 Å². The molecule has 104 valence electrons. The number of hydrogen-bond acceptors (Lipinski definition) is 3. The molecule has 2 aliphatic heterocycles. The maximum Gasteiger partial charge on any atom is 0.0583 e. The smallest absolute Gasteiger partial charge is 0.0583 e. The van der Waals surface area contributed by atoms with Crippen molar-refractivity contribution in [1.82, 2.24) is 9.88 Å². The monoisotopic (exact) mass is 260 g/mol. The summed E-state index contributed by atoms with van der Waals surface area (Å²) in [6.07, 6.45) is 2.49. The molecular formula is C16H24N2O. The van der Waals surface area contributed by atoms with Gasteiger partial charge in [-0.2, -0.15) is 0 Å². The van der Waals surface area contributed by atoms with Crippen LogP contribution in [-0.4, -0.2) is 36.2 Å². The first-order chi connectivity index (χ1) is 9.24. The molecule has 3 heteroatoms. The lowest BCUT2D eigenvalue weighted by atomic mass is 9.94. The first-order valence-corrected chi connectivity index (χ1v) is 7.54. The van der Waals surface area contributed by atoms with Gasteiger partial charge in [-0.1, -0.05) is 19.9 Å². The van der Waals surface area contributed by atoms with E-state index < -0.39 is 0 Å². The molecule has 3 rings (SSSR count). The second-order valence-corrected chi connectivity index (χ2v) is 6.12. The zero-order valence-corrected chi connectivity index (χ0v) is 12.1. The summed E-state index contributed by atoms with van der Waals surface area (Å²) in [5.41, 5.74) is 3.94. The number of aromatic nitrogens is 1. The van der Waals surface area contributed by atoms with E-state index in [1.807, 2.05) is 0 Å². The fraction of sp³-hybridized carbons (Fsp3) is 0.688. The van der Waals surface area contributed by atoms with Gasteiger partial charge in [-0.25, -0.2) is 0 Å². The van der Waals surface area contributed by atoms with Crippen molar-refractivity contribution >= 4 is 0 Å². The highest BCUT2D eigenvalue weighted by molar-refractivity contribution is 5.29. The van der Waals surface area contributed by atoms with Crippen LogP contribution >= 0.6 is 0 Å². The van der Waals surface area contributed by atoms with Crippen molar-refractivity contribution in [3.8, 4) is 0 Å². The lowest BCUT2D eigenvalue weighted by Gasteiger charge is -2.31. The third-order valence-corrected chi connectivity index (χ3v) is 4.31. The lowest BCUT2D eigenvalue weighted by Crippen LogP contribution is -2.37.